The van der Waals surface area contributed by atoms with Crippen molar-refractivity contribution in [2.24, 2.45) is 27.6 Å². The third kappa shape index (κ3) is 5.70. The van der Waals surface area contributed by atoms with Crippen molar-refractivity contribution in [1.29, 1.82) is 0 Å². The second-order valence-electron chi connectivity index (χ2n) is 15.4. The highest BCUT2D eigenvalue weighted by Crippen LogP contribution is 2.65. The number of nitrogens with two attached hydrogens (primary N) is 1. The molecule has 0 spiro atoms. The van der Waals surface area contributed by atoms with E-state index in [9.17, 15) is 15.0 Å². The minimum absolute atomic E-state index is 0.0493. The number of rotatable bonds is 13. The van der Waals surface area contributed by atoms with Gasteiger partial charge in [-0.2, -0.15) is 0 Å². The van der Waals surface area contributed by atoms with Crippen LogP contribution in [0.5, 0.6) is 11.5 Å². The summed E-state index contributed by atoms with van der Waals surface area (Å²) in [6.45, 7) is 3.29. The van der Waals surface area contributed by atoms with Crippen LogP contribution >= 0.6 is 0 Å². The van der Waals surface area contributed by atoms with Crippen molar-refractivity contribution in [2.75, 3.05) is 13.3 Å². The van der Waals surface area contributed by atoms with Crippen LogP contribution in [0.1, 0.15) is 118 Å². The van der Waals surface area contributed by atoms with Crippen molar-refractivity contribution in [1.82, 2.24) is 0 Å². The van der Waals surface area contributed by atoms with E-state index >= 15 is 0 Å². The number of nitrogens with one attached hydrogen (secondary N) is 1. The van der Waals surface area contributed by atoms with E-state index in [0.29, 0.717) is 49.5 Å². The van der Waals surface area contributed by atoms with Crippen LogP contribution in [0.4, 0.5) is 0 Å². The lowest BCUT2D eigenvalue weighted by atomic mass is 9.50. The van der Waals surface area contributed by atoms with E-state index in [-0.39, 0.29) is 29.5 Å². The topological polar surface area (TPSA) is 122 Å². The molecule has 3 aliphatic carbocycles. The number of aliphatic hydroxyl groups excluding tert-OH is 1. The normalized spacial score (nSPS) is 29.7. The number of aryl methyl sites for hydroxylation is 1. The lowest BCUT2D eigenvalue weighted by molar-refractivity contribution is -0.855. The van der Waals surface area contributed by atoms with E-state index in [1.807, 2.05) is 12.1 Å². The van der Waals surface area contributed by atoms with Gasteiger partial charge in [0.05, 0.1) is 6.10 Å². The number of benzene rings is 2. The fraction of sp³-hybridized carbons (Fsp3) is 0.537. The van der Waals surface area contributed by atoms with Crippen molar-refractivity contribution >= 4 is 17.7 Å². The second-order valence-corrected chi connectivity index (χ2v) is 15.4. The van der Waals surface area contributed by atoms with Gasteiger partial charge in [-0.3, -0.25) is 19.7 Å². The molecule has 0 saturated heterocycles. The number of aromatic hydroxyl groups is 1. The number of unbranched alkanes of at least 4 members (excludes halogenated alkanes) is 2. The van der Waals surface area contributed by atoms with Crippen LogP contribution in [0.15, 0.2) is 69.4 Å². The third-order valence-electron chi connectivity index (χ3n) is 12.5. The predicted molar refractivity (Wildman–Crippen MR) is 191 cm³/mol. The molecule has 2 aromatic carbocycles. The molecule has 0 amide bonds. The average Bonchev–Trinajstić information content (AvgIpc) is 3.82. The van der Waals surface area contributed by atoms with Gasteiger partial charge in [0.2, 0.25) is 6.73 Å². The Morgan fingerprint density at radius 1 is 1.18 bits per heavy atom. The summed E-state index contributed by atoms with van der Waals surface area (Å²) in [6, 6.07) is 12.1. The molecule has 8 rings (SSSR count). The first kappa shape index (κ1) is 32.6. The Morgan fingerprint density at radius 2 is 2.08 bits per heavy atom. The number of quaternary nitrogens is 1. The number of ketones is 1. The first-order valence-corrected chi connectivity index (χ1v) is 18.8. The molecular formula is C41H51N4O4+. The van der Waals surface area contributed by atoms with Gasteiger partial charge in [0.25, 0.3) is 0 Å². The summed E-state index contributed by atoms with van der Waals surface area (Å²) in [5.41, 5.74) is 16.9. The molecule has 49 heavy (non-hydrogen) atoms. The number of Topliss-reactive ketones (excluding diaryl/α,β-unsaturated/α-hetero) is 1. The Morgan fingerprint density at radius 3 is 2.96 bits per heavy atom. The summed E-state index contributed by atoms with van der Waals surface area (Å²) in [5.74, 6) is 2.18. The molecule has 2 aromatic rings. The molecule has 0 bridgehead atoms. The Balaban J connectivity index is 0.982. The molecule has 5 N–H and O–H groups in total. The quantitative estimate of drug-likeness (QED) is 0.204. The van der Waals surface area contributed by atoms with Crippen LogP contribution < -0.4 is 15.4 Å². The van der Waals surface area contributed by atoms with Crippen LogP contribution in [0.3, 0.4) is 0 Å². The number of nitrogens with zero attached hydrogens (tertiary/aromatic N) is 2. The zero-order valence-corrected chi connectivity index (χ0v) is 28.8. The fourth-order valence-electron chi connectivity index (χ4n) is 10.4. The molecule has 0 radical (unpaired) electrons. The van der Waals surface area contributed by atoms with E-state index in [2.05, 4.69) is 37.5 Å². The van der Waals surface area contributed by atoms with E-state index in [4.69, 9.17) is 20.5 Å². The largest absolute Gasteiger partial charge is 0.504 e. The van der Waals surface area contributed by atoms with Gasteiger partial charge in [-0.25, -0.2) is 0 Å². The first-order chi connectivity index (χ1) is 23.9. The van der Waals surface area contributed by atoms with Crippen molar-refractivity contribution in [3.05, 3.63) is 81.7 Å². The Bertz CT molecular complexity index is 1760. The smallest absolute Gasteiger partial charge is 0.227 e. The van der Waals surface area contributed by atoms with Crippen LogP contribution in [0.2, 0.25) is 0 Å². The van der Waals surface area contributed by atoms with Gasteiger partial charge in [-0.05, 0) is 96.7 Å². The van der Waals surface area contributed by atoms with Gasteiger partial charge in [-0.15, -0.1) is 0 Å². The second kappa shape index (κ2) is 13.3. The van der Waals surface area contributed by atoms with Gasteiger partial charge in [0, 0.05) is 41.7 Å². The number of phenols is 1. The minimum Gasteiger partial charge on any atom is -0.504 e. The lowest BCUT2D eigenvalue weighted by Crippen LogP contribution is -3.07. The maximum absolute atomic E-state index is 12.5. The number of carbonyl (C=O) groups is 1. The van der Waals surface area contributed by atoms with Gasteiger partial charge in [0.15, 0.2) is 11.5 Å². The number of hydrogen-bond donors (Lipinski definition) is 4. The molecule has 2 saturated carbocycles. The summed E-state index contributed by atoms with van der Waals surface area (Å²) < 4.78 is 6.23. The number of aliphatic hydroxyl groups is 1. The van der Waals surface area contributed by atoms with E-state index in [0.717, 1.165) is 54.8 Å². The average molecular weight is 664 g/mol. The molecule has 8 heteroatoms. The van der Waals surface area contributed by atoms with Gasteiger partial charge >= 0.3 is 0 Å². The Hall–Kier alpha value is -3.59. The van der Waals surface area contributed by atoms with Crippen LogP contribution in [0, 0.1) is 11.8 Å². The number of carbonyl (C=O) groups excluding carboxylic acids is 1. The van der Waals surface area contributed by atoms with Crippen molar-refractivity contribution < 1.29 is 24.6 Å². The van der Waals surface area contributed by atoms with Gasteiger partial charge in [-0.1, -0.05) is 56.9 Å². The molecule has 8 nitrogen and oxygen atoms in total. The molecule has 2 fully saturated rings. The summed E-state index contributed by atoms with van der Waals surface area (Å²) in [7, 11) is 0. The Labute approximate surface area is 289 Å². The monoisotopic (exact) mass is 663 g/mol. The van der Waals surface area contributed by atoms with E-state index < -0.39 is 6.10 Å². The van der Waals surface area contributed by atoms with Crippen molar-refractivity contribution in [3.63, 3.8) is 0 Å². The number of allylic oxidation sites excluding steroid dienone is 1. The van der Waals surface area contributed by atoms with Gasteiger partial charge in [0.1, 0.15) is 30.4 Å². The zero-order chi connectivity index (χ0) is 33.7. The molecule has 3 aliphatic heterocycles. The maximum Gasteiger partial charge on any atom is 0.227 e. The van der Waals surface area contributed by atoms with Crippen LogP contribution in [0.25, 0.3) is 0 Å². The predicted octanol–water partition coefficient (Wildman–Crippen LogP) is 5.73. The van der Waals surface area contributed by atoms with Crippen LogP contribution in [-0.2, 0) is 16.6 Å². The molecule has 0 aromatic heterocycles. The summed E-state index contributed by atoms with van der Waals surface area (Å²) in [4.78, 5) is 23.7. The highest BCUT2D eigenvalue weighted by Gasteiger charge is 2.59. The highest BCUT2D eigenvalue weighted by molar-refractivity contribution is 5.96. The highest BCUT2D eigenvalue weighted by atomic mass is 16.5. The van der Waals surface area contributed by atoms with E-state index in [1.165, 1.54) is 59.2 Å². The summed E-state index contributed by atoms with van der Waals surface area (Å²) in [5, 5.41) is 20.8. The lowest BCUT2D eigenvalue weighted by Gasteiger charge is -2.54. The molecule has 7 atom stereocenters. The zero-order valence-electron chi connectivity index (χ0n) is 28.8. The first-order valence-electron chi connectivity index (χ1n) is 18.8. The molecule has 3 heterocycles. The molecular weight excluding hydrogens is 612 g/mol. The third-order valence-corrected chi connectivity index (χ3v) is 12.5. The van der Waals surface area contributed by atoms with Gasteiger partial charge < -0.3 is 20.7 Å². The molecule has 6 aliphatic rings. The number of phenolic OH excluding ortho intramolecular Hbond substituents is 1. The molecule has 1 unspecified atom stereocenters. The van der Waals surface area contributed by atoms with Crippen molar-refractivity contribution in [2.45, 2.75) is 114 Å². The fourth-order valence-corrected chi connectivity index (χ4v) is 10.4. The SMILES string of the molecule is CCCCC[C@@H](O)CC(=O)CCc1ccc(O)c(OC[NH+]2C=C3N=CC([C@]45CCC[C@H]4[C@@H]4CCCC6=N[C@H](N)c7cccc5c7[C@@H]64)=C3C2)c1. The Kier molecular flexibility index (Phi) is 8.83. The summed E-state index contributed by atoms with van der Waals surface area (Å²) in [6.07, 6.45) is 15.6. The number of ether oxygens (including phenoxy) is 1. The number of fused-ring (bicyclic) bond motifs is 4. The number of aliphatic imine (C=N–C) groups is 2. The van der Waals surface area contributed by atoms with Crippen molar-refractivity contribution in [3.8, 4) is 11.5 Å². The standard InChI is InChI=1S/C41H50N4O4/c1-2-3-4-8-26(46)20-27(47)16-14-25-15-17-36(48)37(19-25)49-24-45-22-30-33(21-43-35(30)23-45)41-18-7-12-31(41)28-9-6-13-34-39(28)38-29(40(42)44-34)10-5-11-32(38)41/h5,10-11,15,17,19,21,23,26,28,31,39-40,46,48H,2-4,6-9,12-14,16,18,20,22,24,42H2,1H3/p+1/t26-,28+,31+,39-,40+,41-/m1/s1. The summed E-state index contributed by atoms with van der Waals surface area (Å²) >= 11 is 0. The van der Waals surface area contributed by atoms with Crippen LogP contribution in [-0.4, -0.2) is 47.3 Å². The number of hydrogen-bond acceptors (Lipinski definition) is 7. The van der Waals surface area contributed by atoms with E-state index in [1.54, 1.807) is 6.07 Å². The minimum atomic E-state index is -0.560. The molecule has 258 valence electrons. The maximum atomic E-state index is 12.5.